The minimum Gasteiger partial charge on any atom is -0.389 e. The average molecular weight is 466 g/mol. The SMILES string of the molecule is Cc1ccc(S(=O)(=O)O[C@@H]2CCC[C@@H](N(Cc3ccccc3)Cc3ccccc3)[C@H]2O)cc1. The third kappa shape index (κ3) is 6.09. The zero-order valence-electron chi connectivity index (χ0n) is 18.9. The van der Waals surface area contributed by atoms with Gasteiger partial charge in [-0.1, -0.05) is 78.4 Å². The number of hydrogen-bond acceptors (Lipinski definition) is 5. The second kappa shape index (κ2) is 10.6. The van der Waals surface area contributed by atoms with Gasteiger partial charge >= 0.3 is 0 Å². The van der Waals surface area contributed by atoms with E-state index in [4.69, 9.17) is 4.18 Å². The molecule has 0 aliphatic heterocycles. The van der Waals surface area contributed by atoms with E-state index in [0.29, 0.717) is 19.5 Å². The molecule has 3 aromatic rings. The van der Waals surface area contributed by atoms with Crippen LogP contribution in [0.2, 0.25) is 0 Å². The molecule has 0 unspecified atom stereocenters. The number of nitrogens with zero attached hydrogens (tertiary/aromatic N) is 1. The molecule has 0 bridgehead atoms. The fourth-order valence-corrected chi connectivity index (χ4v) is 5.59. The van der Waals surface area contributed by atoms with Crippen LogP contribution in [0.25, 0.3) is 0 Å². The summed E-state index contributed by atoms with van der Waals surface area (Å²) in [7, 11) is -3.95. The quantitative estimate of drug-likeness (QED) is 0.489. The van der Waals surface area contributed by atoms with E-state index in [2.05, 4.69) is 29.2 Å². The Morgan fingerprint density at radius 3 is 1.94 bits per heavy atom. The van der Waals surface area contributed by atoms with Crippen molar-refractivity contribution < 1.29 is 17.7 Å². The van der Waals surface area contributed by atoms with Crippen molar-refractivity contribution in [2.75, 3.05) is 0 Å². The second-order valence-electron chi connectivity index (χ2n) is 8.77. The van der Waals surface area contributed by atoms with Crippen molar-refractivity contribution in [2.24, 2.45) is 0 Å². The molecule has 174 valence electrons. The molecule has 1 N–H and O–H groups in total. The van der Waals surface area contributed by atoms with Gasteiger partial charge in [0, 0.05) is 19.1 Å². The summed E-state index contributed by atoms with van der Waals surface area (Å²) in [5, 5.41) is 11.3. The van der Waals surface area contributed by atoms with Crippen LogP contribution in [0.3, 0.4) is 0 Å². The fraction of sp³-hybridized carbons (Fsp3) is 0.333. The van der Waals surface area contributed by atoms with Crippen LogP contribution in [0, 0.1) is 6.92 Å². The summed E-state index contributed by atoms with van der Waals surface area (Å²) < 4.78 is 31.3. The molecule has 3 aromatic carbocycles. The van der Waals surface area contributed by atoms with Crippen LogP contribution in [-0.4, -0.2) is 36.7 Å². The van der Waals surface area contributed by atoms with Crippen LogP contribution in [0.15, 0.2) is 89.8 Å². The van der Waals surface area contributed by atoms with E-state index in [0.717, 1.165) is 29.5 Å². The number of aryl methyl sites for hydroxylation is 1. The van der Waals surface area contributed by atoms with Gasteiger partial charge in [0.15, 0.2) is 0 Å². The van der Waals surface area contributed by atoms with E-state index in [1.165, 1.54) is 0 Å². The molecule has 1 fully saturated rings. The summed E-state index contributed by atoms with van der Waals surface area (Å²) in [4.78, 5) is 2.36. The molecule has 0 saturated heterocycles. The maximum absolute atomic E-state index is 12.9. The van der Waals surface area contributed by atoms with Crippen molar-refractivity contribution in [1.29, 1.82) is 0 Å². The van der Waals surface area contributed by atoms with Gasteiger partial charge in [0.25, 0.3) is 10.1 Å². The van der Waals surface area contributed by atoms with Crippen LogP contribution < -0.4 is 0 Å². The standard InChI is InChI=1S/C27H31NO4S/c1-21-15-17-24(18-16-21)33(30,31)32-26-14-8-13-25(27(26)29)28(19-22-9-4-2-5-10-22)20-23-11-6-3-7-12-23/h2-7,9-12,15-18,25-27,29H,8,13-14,19-20H2,1H3/t25-,26-,27-/m1/s1. The molecule has 1 saturated carbocycles. The van der Waals surface area contributed by atoms with Crippen LogP contribution in [0.1, 0.15) is 36.0 Å². The van der Waals surface area contributed by atoms with Gasteiger partial charge in [-0.15, -0.1) is 0 Å². The fourth-order valence-electron chi connectivity index (χ4n) is 4.47. The molecule has 4 rings (SSSR count). The summed E-state index contributed by atoms with van der Waals surface area (Å²) in [6, 6.07) is 26.7. The number of rotatable bonds is 8. The van der Waals surface area contributed by atoms with Gasteiger partial charge in [-0.05, 0) is 49.4 Å². The molecule has 1 aliphatic rings. The van der Waals surface area contributed by atoms with E-state index in [-0.39, 0.29) is 10.9 Å². The molecule has 0 aromatic heterocycles. The van der Waals surface area contributed by atoms with Gasteiger partial charge in [0.2, 0.25) is 0 Å². The molecule has 5 nitrogen and oxygen atoms in total. The molecule has 0 heterocycles. The summed E-state index contributed by atoms with van der Waals surface area (Å²) in [5.41, 5.74) is 3.27. The van der Waals surface area contributed by atoms with Crippen LogP contribution in [0.5, 0.6) is 0 Å². The Hall–Kier alpha value is -2.51. The number of benzene rings is 3. The van der Waals surface area contributed by atoms with Crippen molar-refractivity contribution in [3.05, 3.63) is 102 Å². The first-order chi connectivity index (χ1) is 15.9. The maximum Gasteiger partial charge on any atom is 0.297 e. The smallest absolute Gasteiger partial charge is 0.297 e. The van der Waals surface area contributed by atoms with Gasteiger partial charge < -0.3 is 5.11 Å². The van der Waals surface area contributed by atoms with E-state index in [9.17, 15) is 13.5 Å². The Labute approximate surface area is 196 Å². The molecule has 0 radical (unpaired) electrons. The van der Waals surface area contributed by atoms with E-state index >= 15 is 0 Å². The third-order valence-corrected chi connectivity index (χ3v) is 7.60. The van der Waals surface area contributed by atoms with Crippen molar-refractivity contribution >= 4 is 10.1 Å². The number of aliphatic hydroxyl groups is 1. The van der Waals surface area contributed by atoms with E-state index < -0.39 is 22.3 Å². The van der Waals surface area contributed by atoms with Crippen LogP contribution in [0.4, 0.5) is 0 Å². The van der Waals surface area contributed by atoms with Crippen LogP contribution in [-0.2, 0) is 27.4 Å². The lowest BCUT2D eigenvalue weighted by Crippen LogP contribution is -2.51. The predicted octanol–water partition coefficient (Wildman–Crippen LogP) is 4.68. The lowest BCUT2D eigenvalue weighted by Gasteiger charge is -2.41. The molecule has 3 atom stereocenters. The first kappa shape index (κ1) is 23.6. The second-order valence-corrected chi connectivity index (χ2v) is 10.3. The normalized spacial score (nSPS) is 21.2. The molecular formula is C27H31NO4S. The topological polar surface area (TPSA) is 66.8 Å². The van der Waals surface area contributed by atoms with Gasteiger partial charge in [-0.2, -0.15) is 8.42 Å². The highest BCUT2D eigenvalue weighted by Gasteiger charge is 2.39. The Kier molecular flexibility index (Phi) is 7.60. The number of aliphatic hydroxyl groups excluding tert-OH is 1. The Balaban J connectivity index is 1.54. The van der Waals surface area contributed by atoms with E-state index in [1.54, 1.807) is 24.3 Å². The highest BCUT2D eigenvalue weighted by molar-refractivity contribution is 7.86. The van der Waals surface area contributed by atoms with Crippen LogP contribution >= 0.6 is 0 Å². The molecule has 0 spiro atoms. The van der Waals surface area contributed by atoms with Gasteiger partial charge in [-0.25, -0.2) is 0 Å². The van der Waals surface area contributed by atoms with Crippen molar-refractivity contribution in [1.82, 2.24) is 4.90 Å². The first-order valence-electron chi connectivity index (χ1n) is 11.4. The highest BCUT2D eigenvalue weighted by atomic mass is 32.2. The van der Waals surface area contributed by atoms with Gasteiger partial charge in [0.1, 0.15) is 6.10 Å². The van der Waals surface area contributed by atoms with Gasteiger partial charge in [-0.3, -0.25) is 9.08 Å². The Morgan fingerprint density at radius 2 is 1.39 bits per heavy atom. The number of hydrogen-bond donors (Lipinski definition) is 1. The highest BCUT2D eigenvalue weighted by Crippen LogP contribution is 2.30. The Bertz CT molecular complexity index is 1080. The first-order valence-corrected chi connectivity index (χ1v) is 12.8. The minimum atomic E-state index is -3.95. The summed E-state index contributed by atoms with van der Waals surface area (Å²) in [6.07, 6.45) is 0.393. The largest absolute Gasteiger partial charge is 0.389 e. The summed E-state index contributed by atoms with van der Waals surface area (Å²) in [6.45, 7) is 3.23. The summed E-state index contributed by atoms with van der Waals surface area (Å²) >= 11 is 0. The molecule has 6 heteroatoms. The average Bonchev–Trinajstić information content (AvgIpc) is 2.82. The minimum absolute atomic E-state index is 0.118. The lowest BCUT2D eigenvalue weighted by molar-refractivity contribution is -0.0562. The van der Waals surface area contributed by atoms with Crippen molar-refractivity contribution in [3.63, 3.8) is 0 Å². The third-order valence-electron chi connectivity index (χ3n) is 6.25. The monoisotopic (exact) mass is 465 g/mol. The zero-order valence-corrected chi connectivity index (χ0v) is 19.7. The molecule has 33 heavy (non-hydrogen) atoms. The van der Waals surface area contributed by atoms with Crippen molar-refractivity contribution in [2.45, 2.75) is 62.4 Å². The Morgan fingerprint density at radius 1 is 0.848 bits per heavy atom. The lowest BCUT2D eigenvalue weighted by atomic mass is 9.88. The maximum atomic E-state index is 12.9. The molecular weight excluding hydrogens is 434 g/mol. The molecule has 0 amide bonds. The van der Waals surface area contributed by atoms with Gasteiger partial charge in [0.05, 0.1) is 11.0 Å². The van der Waals surface area contributed by atoms with E-state index in [1.807, 2.05) is 43.3 Å². The summed E-state index contributed by atoms with van der Waals surface area (Å²) in [5.74, 6) is 0. The zero-order chi connectivity index (χ0) is 23.3. The van der Waals surface area contributed by atoms with Crippen molar-refractivity contribution in [3.8, 4) is 0 Å². The predicted molar refractivity (Wildman–Crippen MR) is 129 cm³/mol. The molecule has 1 aliphatic carbocycles.